The van der Waals surface area contributed by atoms with E-state index >= 15 is 0 Å². The van der Waals surface area contributed by atoms with E-state index in [2.05, 4.69) is 20.6 Å². The van der Waals surface area contributed by atoms with E-state index in [-0.39, 0.29) is 18.1 Å². The number of likely N-dealkylation sites (N-methyl/N-ethyl adjacent to an activating group) is 1. The maximum atomic E-state index is 12.2. The largest absolute Gasteiger partial charge is 0.335 e. The summed E-state index contributed by atoms with van der Waals surface area (Å²) in [6, 6.07) is 6.83. The van der Waals surface area contributed by atoms with Crippen molar-refractivity contribution < 1.29 is 9.59 Å². The minimum Gasteiger partial charge on any atom is -0.335 e. The van der Waals surface area contributed by atoms with Gasteiger partial charge in [0.2, 0.25) is 0 Å². The summed E-state index contributed by atoms with van der Waals surface area (Å²) in [5.41, 5.74) is 2.22. The van der Waals surface area contributed by atoms with E-state index in [0.717, 1.165) is 11.4 Å². The van der Waals surface area contributed by atoms with Gasteiger partial charge >= 0.3 is 12.1 Å². The van der Waals surface area contributed by atoms with Gasteiger partial charge in [-0.1, -0.05) is 6.07 Å². The van der Waals surface area contributed by atoms with E-state index in [9.17, 15) is 9.59 Å². The van der Waals surface area contributed by atoms with E-state index in [1.165, 1.54) is 0 Å². The van der Waals surface area contributed by atoms with Crippen molar-refractivity contribution in [2.45, 2.75) is 19.4 Å². The molecule has 2 N–H and O–H groups in total. The topological polar surface area (TPSA) is 90.5 Å². The first-order chi connectivity index (χ1) is 12.5. The third kappa shape index (κ3) is 4.27. The van der Waals surface area contributed by atoms with Crippen molar-refractivity contribution in [1.29, 1.82) is 0 Å². The number of rotatable bonds is 5. The fraction of sp³-hybridized carbons (Fsp3) is 0.333. The summed E-state index contributed by atoms with van der Waals surface area (Å²) in [6.07, 6.45) is 5.52. The fourth-order valence-electron chi connectivity index (χ4n) is 2.83. The number of hydrogen-bond acceptors (Lipinski definition) is 4. The summed E-state index contributed by atoms with van der Waals surface area (Å²) in [6.45, 7) is 3.24. The van der Waals surface area contributed by atoms with Crippen LogP contribution in [-0.4, -0.2) is 53.1 Å². The average Bonchev–Trinajstić information content (AvgIpc) is 2.95. The second-order valence-electron chi connectivity index (χ2n) is 6.31. The maximum absolute atomic E-state index is 12.2. The lowest BCUT2D eigenvalue weighted by Gasteiger charge is -2.18. The molecule has 26 heavy (non-hydrogen) atoms. The van der Waals surface area contributed by atoms with Gasteiger partial charge in [-0.25, -0.2) is 9.59 Å². The molecule has 1 fully saturated rings. The van der Waals surface area contributed by atoms with Gasteiger partial charge in [-0.05, 0) is 25.1 Å². The monoisotopic (exact) mass is 354 g/mol. The molecule has 8 nitrogen and oxygen atoms in total. The number of carbonyl (C=O) groups excluding carboxylic acids is 2. The van der Waals surface area contributed by atoms with Crippen molar-refractivity contribution in [3.05, 3.63) is 48.5 Å². The van der Waals surface area contributed by atoms with Crippen LogP contribution in [0.25, 0.3) is 0 Å². The van der Waals surface area contributed by atoms with E-state index in [1.54, 1.807) is 47.6 Å². The average molecular weight is 354 g/mol. The first kappa shape index (κ1) is 17.7. The summed E-state index contributed by atoms with van der Waals surface area (Å²) in [5.74, 6) is 0. The van der Waals surface area contributed by atoms with Crippen molar-refractivity contribution in [2.75, 3.05) is 30.4 Å². The molecule has 136 valence electrons. The third-order valence-electron chi connectivity index (χ3n) is 4.14. The van der Waals surface area contributed by atoms with Crippen molar-refractivity contribution >= 4 is 23.4 Å². The van der Waals surface area contributed by atoms with Crippen LogP contribution in [0.3, 0.4) is 0 Å². The van der Waals surface area contributed by atoms with Crippen molar-refractivity contribution in [1.82, 2.24) is 20.2 Å². The lowest BCUT2D eigenvalue weighted by molar-refractivity contribution is 0.229. The smallest absolute Gasteiger partial charge is 0.324 e. The zero-order valence-corrected chi connectivity index (χ0v) is 14.8. The van der Waals surface area contributed by atoms with Crippen LogP contribution in [0, 0.1) is 0 Å². The number of nitrogens with zero attached hydrogens (tertiary/aromatic N) is 4. The number of urea groups is 2. The number of aromatic nitrogens is 2. The summed E-state index contributed by atoms with van der Waals surface area (Å²) >= 11 is 0. The highest BCUT2D eigenvalue weighted by molar-refractivity contribution is 5.95. The Morgan fingerprint density at radius 1 is 1.31 bits per heavy atom. The van der Waals surface area contributed by atoms with Crippen LogP contribution >= 0.6 is 0 Å². The molecule has 1 aromatic heterocycles. The van der Waals surface area contributed by atoms with Crippen LogP contribution in [0.1, 0.15) is 12.6 Å². The van der Waals surface area contributed by atoms with Crippen LogP contribution in [-0.2, 0) is 6.42 Å². The SMILES string of the molecule is C[C@H](Cc1cnccn1)NC(=O)Nc1cccc(N2CCN(C)C2=O)c1. The molecular formula is C18H22N6O2. The Morgan fingerprint density at radius 2 is 2.15 bits per heavy atom. The fourth-order valence-corrected chi connectivity index (χ4v) is 2.83. The van der Waals surface area contributed by atoms with Crippen molar-refractivity contribution in [2.24, 2.45) is 0 Å². The van der Waals surface area contributed by atoms with Gasteiger partial charge < -0.3 is 15.5 Å². The second-order valence-corrected chi connectivity index (χ2v) is 6.31. The number of hydrogen-bond donors (Lipinski definition) is 2. The molecule has 0 spiro atoms. The molecule has 3 rings (SSSR count). The molecule has 1 aliphatic rings. The van der Waals surface area contributed by atoms with Crippen molar-refractivity contribution in [3.8, 4) is 0 Å². The predicted molar refractivity (Wildman–Crippen MR) is 99.2 cm³/mol. The summed E-state index contributed by atoms with van der Waals surface area (Å²) in [5, 5.41) is 5.69. The number of anilines is 2. The van der Waals surface area contributed by atoms with Gasteiger partial charge in [0.05, 0.1) is 5.69 Å². The Labute approximate surface area is 152 Å². The van der Waals surface area contributed by atoms with Gasteiger partial charge in [0.25, 0.3) is 0 Å². The standard InChI is InChI=1S/C18H22N6O2/c1-13(10-15-12-19-6-7-20-15)21-17(25)22-14-4-3-5-16(11-14)24-9-8-23(2)18(24)26/h3-7,11-13H,8-10H2,1-2H3,(H2,21,22,25)/t13-/m1/s1. The quantitative estimate of drug-likeness (QED) is 0.860. The molecule has 8 heteroatoms. The van der Waals surface area contributed by atoms with Crippen LogP contribution in [0.5, 0.6) is 0 Å². The number of benzene rings is 1. The predicted octanol–water partition coefficient (Wildman–Crippen LogP) is 2.10. The molecule has 0 bridgehead atoms. The molecule has 0 saturated carbocycles. The molecule has 2 heterocycles. The zero-order chi connectivity index (χ0) is 18.5. The lowest BCUT2D eigenvalue weighted by atomic mass is 10.2. The molecule has 1 aromatic carbocycles. The van der Waals surface area contributed by atoms with Gasteiger partial charge in [0.15, 0.2) is 0 Å². The second kappa shape index (κ2) is 7.81. The Balaban J connectivity index is 1.57. The van der Waals surface area contributed by atoms with Gasteiger partial charge in [0.1, 0.15) is 0 Å². The van der Waals surface area contributed by atoms with E-state index in [1.807, 2.05) is 19.1 Å². The molecule has 0 radical (unpaired) electrons. The van der Waals surface area contributed by atoms with E-state index in [0.29, 0.717) is 25.2 Å². The summed E-state index contributed by atoms with van der Waals surface area (Å²) < 4.78 is 0. The van der Waals surface area contributed by atoms with Crippen LogP contribution in [0.2, 0.25) is 0 Å². The Kier molecular flexibility index (Phi) is 5.31. The normalized spacial score (nSPS) is 15.1. The first-order valence-electron chi connectivity index (χ1n) is 8.48. The highest BCUT2D eigenvalue weighted by Crippen LogP contribution is 2.23. The molecule has 0 aliphatic carbocycles. The first-order valence-corrected chi connectivity index (χ1v) is 8.48. The molecular weight excluding hydrogens is 332 g/mol. The molecule has 2 aromatic rings. The van der Waals surface area contributed by atoms with Gasteiger partial charge in [-0.2, -0.15) is 0 Å². The third-order valence-corrected chi connectivity index (χ3v) is 4.14. The van der Waals surface area contributed by atoms with Crippen molar-refractivity contribution in [3.63, 3.8) is 0 Å². The molecule has 4 amide bonds. The zero-order valence-electron chi connectivity index (χ0n) is 14.8. The van der Waals surface area contributed by atoms with Crippen LogP contribution in [0.15, 0.2) is 42.9 Å². The number of nitrogens with one attached hydrogen (secondary N) is 2. The molecule has 1 atom stereocenters. The van der Waals surface area contributed by atoms with E-state index in [4.69, 9.17) is 0 Å². The summed E-state index contributed by atoms with van der Waals surface area (Å²) in [4.78, 5) is 35.9. The Bertz CT molecular complexity index is 782. The number of amides is 4. The molecule has 1 saturated heterocycles. The van der Waals surface area contributed by atoms with E-state index < -0.39 is 0 Å². The Hall–Kier alpha value is -3.16. The highest BCUT2D eigenvalue weighted by atomic mass is 16.2. The lowest BCUT2D eigenvalue weighted by Crippen LogP contribution is -2.37. The minimum absolute atomic E-state index is 0.0378. The van der Waals surface area contributed by atoms with Gasteiger partial charge in [-0.15, -0.1) is 0 Å². The highest BCUT2D eigenvalue weighted by Gasteiger charge is 2.26. The summed E-state index contributed by atoms with van der Waals surface area (Å²) in [7, 11) is 1.77. The van der Waals surface area contributed by atoms with Gasteiger partial charge in [0, 0.05) is 62.6 Å². The van der Waals surface area contributed by atoms with Gasteiger partial charge in [-0.3, -0.25) is 14.9 Å². The maximum Gasteiger partial charge on any atom is 0.324 e. The van der Waals surface area contributed by atoms with Crippen LogP contribution < -0.4 is 15.5 Å². The number of carbonyl (C=O) groups is 2. The molecule has 1 aliphatic heterocycles. The minimum atomic E-state index is -0.302. The Morgan fingerprint density at radius 3 is 2.85 bits per heavy atom. The van der Waals surface area contributed by atoms with Crippen LogP contribution in [0.4, 0.5) is 21.0 Å². The molecule has 0 unspecified atom stereocenters.